The summed E-state index contributed by atoms with van der Waals surface area (Å²) in [6.07, 6.45) is 8.44. The summed E-state index contributed by atoms with van der Waals surface area (Å²) in [5.74, 6) is -0.913. The van der Waals surface area contributed by atoms with E-state index in [9.17, 15) is 19.5 Å². The lowest BCUT2D eigenvalue weighted by Crippen LogP contribution is -2.65. The topological polar surface area (TPSA) is 151 Å². The Kier molecular flexibility index (Phi) is 13.0. The Balaban J connectivity index is 1.47. The van der Waals surface area contributed by atoms with Crippen molar-refractivity contribution in [3.63, 3.8) is 0 Å². The molecule has 53 heavy (non-hydrogen) atoms. The average molecular weight is 735 g/mol. The van der Waals surface area contributed by atoms with Crippen molar-refractivity contribution >= 4 is 17.9 Å². The van der Waals surface area contributed by atoms with E-state index in [1.807, 2.05) is 44.2 Å². The van der Waals surface area contributed by atoms with E-state index in [-0.39, 0.29) is 70.5 Å². The smallest absolute Gasteiger partial charge is 0.334 e. The molecule has 0 radical (unpaired) electrons. The van der Waals surface area contributed by atoms with Gasteiger partial charge in [-0.1, -0.05) is 76.1 Å². The summed E-state index contributed by atoms with van der Waals surface area (Å²) in [7, 11) is 0. The molecular weight excluding hydrogens is 668 g/mol. The van der Waals surface area contributed by atoms with Crippen LogP contribution in [0.15, 0.2) is 53.1 Å². The molecule has 4 saturated carbocycles. The summed E-state index contributed by atoms with van der Waals surface area (Å²) in [4.78, 5) is 39.9. The third kappa shape index (κ3) is 8.18. The third-order valence-electron chi connectivity index (χ3n) is 14.3. The lowest BCUT2D eigenvalue weighted by Gasteiger charge is -2.69. The van der Waals surface area contributed by atoms with E-state index in [0.29, 0.717) is 44.2 Å². The van der Waals surface area contributed by atoms with Crippen molar-refractivity contribution in [2.24, 2.45) is 51.4 Å². The van der Waals surface area contributed by atoms with Crippen LogP contribution in [0.1, 0.15) is 125 Å². The van der Waals surface area contributed by atoms with E-state index in [0.717, 1.165) is 55.2 Å². The fourth-order valence-corrected chi connectivity index (χ4v) is 11.6. The molecule has 0 aromatic heterocycles. The number of benzene rings is 1. The number of rotatable bonds is 13. The predicted molar refractivity (Wildman–Crippen MR) is 206 cm³/mol. The molecule has 0 unspecified atom stereocenters. The summed E-state index contributed by atoms with van der Waals surface area (Å²) in [6.45, 7) is 15.5. The standard InChI is InChI=1S/C44H66N2O7/c1-27(2)14-13-17-31(40(49)51-26-30-15-9-8-10-16-30)38-33-24-35(48)39-42(5)21-20-36(53-41(50)34(46)18-11-12-23-45)28(3)32(42)19-22-43(39,6)44(33,7)25-37(38)52-29(4)47/h8-10,14-16,28,32-37,39,48H,11-13,17-26,45-46H2,1-7H3/b38-31-/t28-,32-,33-,34-,35+,36+,37-,39-,42-,43-,44-/m0/s1. The first kappa shape index (κ1) is 41.2. The number of carbonyl (C=O) groups excluding carboxylic acids is 3. The Morgan fingerprint density at radius 1 is 1.00 bits per heavy atom. The molecular formula is C44H66N2O7. The van der Waals surface area contributed by atoms with Gasteiger partial charge in [0.1, 0.15) is 24.9 Å². The highest BCUT2D eigenvalue weighted by atomic mass is 16.6. The van der Waals surface area contributed by atoms with E-state index in [2.05, 4.69) is 33.8 Å². The maximum absolute atomic E-state index is 14.2. The van der Waals surface area contributed by atoms with E-state index in [4.69, 9.17) is 25.7 Å². The molecule has 5 rings (SSSR count). The second-order valence-corrected chi connectivity index (χ2v) is 17.7. The van der Waals surface area contributed by atoms with Crippen LogP contribution in [-0.4, -0.2) is 53.9 Å². The second kappa shape index (κ2) is 16.8. The van der Waals surface area contributed by atoms with Gasteiger partial charge in [0.15, 0.2) is 0 Å². The Bertz CT molecular complexity index is 1540. The first-order chi connectivity index (χ1) is 25.1. The van der Waals surface area contributed by atoms with Crippen molar-refractivity contribution in [2.45, 2.75) is 150 Å². The van der Waals surface area contributed by atoms with Gasteiger partial charge in [0.05, 0.1) is 6.10 Å². The van der Waals surface area contributed by atoms with Gasteiger partial charge in [-0.15, -0.1) is 0 Å². The number of fused-ring (bicyclic) bond motifs is 5. The van der Waals surface area contributed by atoms with E-state index < -0.39 is 18.2 Å². The van der Waals surface area contributed by atoms with Crippen LogP contribution in [0.25, 0.3) is 0 Å². The summed E-state index contributed by atoms with van der Waals surface area (Å²) in [6, 6.07) is 9.00. The Morgan fingerprint density at radius 2 is 1.72 bits per heavy atom. The zero-order chi connectivity index (χ0) is 38.7. The van der Waals surface area contributed by atoms with Gasteiger partial charge in [0.2, 0.25) is 0 Å². The predicted octanol–water partition coefficient (Wildman–Crippen LogP) is 7.33. The van der Waals surface area contributed by atoms with Crippen molar-refractivity contribution in [1.29, 1.82) is 0 Å². The Labute approximate surface area is 317 Å². The molecule has 0 amide bonds. The molecule has 0 spiro atoms. The van der Waals surface area contributed by atoms with Crippen molar-refractivity contribution in [2.75, 3.05) is 6.54 Å². The minimum atomic E-state index is -0.647. The van der Waals surface area contributed by atoms with Gasteiger partial charge < -0.3 is 30.8 Å². The van der Waals surface area contributed by atoms with Crippen molar-refractivity contribution in [3.8, 4) is 0 Å². The van der Waals surface area contributed by atoms with Gasteiger partial charge in [0, 0.05) is 12.5 Å². The molecule has 1 aromatic carbocycles. The minimum Gasteiger partial charge on any atom is -0.461 e. The molecule has 0 aliphatic heterocycles. The number of hydrogen-bond donors (Lipinski definition) is 3. The third-order valence-corrected chi connectivity index (χ3v) is 14.3. The minimum absolute atomic E-state index is 0.0240. The summed E-state index contributed by atoms with van der Waals surface area (Å²) < 4.78 is 18.3. The van der Waals surface area contributed by atoms with E-state index in [1.165, 1.54) is 6.92 Å². The molecule has 5 N–H and O–H groups in total. The molecule has 294 valence electrons. The highest BCUT2D eigenvalue weighted by Crippen LogP contribution is 2.74. The van der Waals surface area contributed by atoms with Crippen LogP contribution in [0, 0.1) is 39.9 Å². The molecule has 4 aliphatic rings. The largest absolute Gasteiger partial charge is 0.461 e. The van der Waals surface area contributed by atoms with E-state index >= 15 is 0 Å². The number of unbranched alkanes of at least 4 members (excludes halogenated alkanes) is 1. The summed E-state index contributed by atoms with van der Waals surface area (Å²) in [5, 5.41) is 12.4. The number of ether oxygens (including phenoxy) is 3. The highest BCUT2D eigenvalue weighted by Gasteiger charge is 2.71. The van der Waals surface area contributed by atoms with Gasteiger partial charge in [-0.05, 0) is 136 Å². The fourth-order valence-electron chi connectivity index (χ4n) is 11.6. The van der Waals surface area contributed by atoms with Crippen LogP contribution in [0.5, 0.6) is 0 Å². The average Bonchev–Trinajstić information content (AvgIpc) is 3.37. The van der Waals surface area contributed by atoms with Crippen LogP contribution >= 0.6 is 0 Å². The molecule has 9 nitrogen and oxygen atoms in total. The van der Waals surface area contributed by atoms with Gasteiger partial charge in [0.25, 0.3) is 0 Å². The zero-order valence-corrected chi connectivity index (χ0v) is 33.3. The number of carbonyl (C=O) groups is 3. The molecule has 1 aromatic rings. The van der Waals surface area contributed by atoms with Crippen LogP contribution in [0.2, 0.25) is 0 Å². The molecule has 0 saturated heterocycles. The molecule has 9 heteroatoms. The van der Waals surface area contributed by atoms with Gasteiger partial charge in [-0.25, -0.2) is 4.79 Å². The number of aliphatic hydroxyl groups is 1. The molecule has 0 heterocycles. The number of nitrogens with two attached hydrogens (primary N) is 2. The second-order valence-electron chi connectivity index (χ2n) is 17.7. The van der Waals surface area contributed by atoms with Crippen molar-refractivity contribution < 1.29 is 33.7 Å². The number of esters is 3. The molecule has 0 bridgehead atoms. The maximum atomic E-state index is 14.2. The van der Waals surface area contributed by atoms with E-state index in [1.54, 1.807) is 0 Å². The fraction of sp³-hybridized carbons (Fsp3) is 0.705. The number of allylic oxidation sites excluding steroid dienone is 2. The van der Waals surface area contributed by atoms with Crippen LogP contribution < -0.4 is 11.5 Å². The molecule has 11 atom stereocenters. The Morgan fingerprint density at radius 3 is 2.38 bits per heavy atom. The molecule has 4 fully saturated rings. The summed E-state index contributed by atoms with van der Waals surface area (Å²) >= 11 is 0. The first-order valence-electron chi connectivity index (χ1n) is 20.2. The monoisotopic (exact) mass is 734 g/mol. The van der Waals surface area contributed by atoms with Crippen LogP contribution in [-0.2, 0) is 35.2 Å². The normalized spacial score (nSPS) is 36.2. The van der Waals surface area contributed by atoms with Gasteiger partial charge >= 0.3 is 17.9 Å². The van der Waals surface area contributed by atoms with Crippen LogP contribution in [0.4, 0.5) is 0 Å². The Hall–Kier alpha value is -3.01. The SMILES string of the molecule is CC(=O)O[C@H]1C[C@@]2(C)[C@@H](C[C@@H](O)[C@H]3[C@@]4(C)CC[C@@H](OC(=O)[C@@H](N)CCCCN)[C@@H](C)[C@@H]4CC[C@@]32C)/C1=C(\CCC=C(C)C)C(=O)OCc1ccccc1. The summed E-state index contributed by atoms with van der Waals surface area (Å²) in [5.41, 5.74) is 14.5. The lowest BCUT2D eigenvalue weighted by atomic mass is 9.36. The zero-order valence-electron chi connectivity index (χ0n) is 33.3. The maximum Gasteiger partial charge on any atom is 0.334 e. The van der Waals surface area contributed by atoms with Crippen LogP contribution in [0.3, 0.4) is 0 Å². The van der Waals surface area contributed by atoms with Gasteiger partial charge in [-0.3, -0.25) is 9.59 Å². The first-order valence-corrected chi connectivity index (χ1v) is 20.2. The van der Waals surface area contributed by atoms with Gasteiger partial charge in [-0.2, -0.15) is 0 Å². The number of hydrogen-bond acceptors (Lipinski definition) is 9. The van der Waals surface area contributed by atoms with Crippen molar-refractivity contribution in [1.82, 2.24) is 0 Å². The van der Waals surface area contributed by atoms with Crippen molar-refractivity contribution in [3.05, 3.63) is 58.7 Å². The quantitative estimate of drug-likeness (QED) is 0.0622. The lowest BCUT2D eigenvalue weighted by molar-refractivity contribution is -0.236. The molecule has 4 aliphatic carbocycles. The number of aliphatic hydroxyl groups excluding tert-OH is 1. The highest BCUT2D eigenvalue weighted by molar-refractivity contribution is 5.90.